The van der Waals surface area contributed by atoms with Crippen LogP contribution in [0.4, 0.5) is 10.1 Å². The maximum Gasteiger partial charge on any atom is 0.251 e. The summed E-state index contributed by atoms with van der Waals surface area (Å²) in [6, 6.07) is 30.0. The van der Waals surface area contributed by atoms with Gasteiger partial charge in [-0.3, -0.25) is 9.59 Å². The van der Waals surface area contributed by atoms with Crippen LogP contribution in [0.5, 0.6) is 0 Å². The van der Waals surface area contributed by atoms with Gasteiger partial charge in [0.25, 0.3) is 5.91 Å². The predicted molar refractivity (Wildman–Crippen MR) is 144 cm³/mol. The van der Waals surface area contributed by atoms with E-state index in [1.54, 1.807) is 11.8 Å². The van der Waals surface area contributed by atoms with Gasteiger partial charge in [0.05, 0.1) is 0 Å². The minimum Gasteiger partial charge on any atom is -0.340 e. The zero-order valence-electron chi connectivity index (χ0n) is 19.9. The van der Waals surface area contributed by atoms with Crippen LogP contribution in [0.25, 0.3) is 0 Å². The SMILES string of the molecule is Cc1cc(NC(=O)C(Cc2ccccc2)NC(=O)c2ccc(F)cc2)ccc1SCc1ccccc1. The van der Waals surface area contributed by atoms with Gasteiger partial charge < -0.3 is 10.6 Å². The lowest BCUT2D eigenvalue weighted by Crippen LogP contribution is -2.45. The number of benzene rings is 4. The number of nitrogens with one attached hydrogen (secondary N) is 2. The van der Waals surface area contributed by atoms with Crippen LogP contribution in [0.2, 0.25) is 0 Å². The summed E-state index contributed by atoms with van der Waals surface area (Å²) in [4.78, 5) is 27.2. The number of halogens is 1. The molecule has 0 fully saturated rings. The number of hydrogen-bond acceptors (Lipinski definition) is 3. The minimum absolute atomic E-state index is 0.290. The normalized spacial score (nSPS) is 11.5. The Hall–Kier alpha value is -3.90. The summed E-state index contributed by atoms with van der Waals surface area (Å²) in [7, 11) is 0. The summed E-state index contributed by atoms with van der Waals surface area (Å²) in [5.74, 6) is -0.318. The van der Waals surface area contributed by atoms with E-state index in [1.165, 1.54) is 29.8 Å². The van der Waals surface area contributed by atoms with Gasteiger partial charge in [0.1, 0.15) is 11.9 Å². The van der Waals surface area contributed by atoms with Crippen LogP contribution in [-0.2, 0) is 17.0 Å². The molecule has 0 saturated heterocycles. The summed E-state index contributed by atoms with van der Waals surface area (Å²) < 4.78 is 13.3. The van der Waals surface area contributed by atoms with Crippen LogP contribution >= 0.6 is 11.8 Å². The number of carbonyl (C=O) groups excluding carboxylic acids is 2. The minimum atomic E-state index is -0.808. The molecule has 0 bridgehead atoms. The molecule has 0 heterocycles. The van der Waals surface area contributed by atoms with Crippen LogP contribution in [0.1, 0.15) is 27.0 Å². The van der Waals surface area contributed by atoms with Crippen molar-refractivity contribution in [2.45, 2.75) is 30.0 Å². The Morgan fingerprint density at radius 2 is 1.47 bits per heavy atom. The van der Waals surface area contributed by atoms with Gasteiger partial charge >= 0.3 is 0 Å². The van der Waals surface area contributed by atoms with Gasteiger partial charge in [0.2, 0.25) is 5.91 Å². The fourth-order valence-electron chi connectivity index (χ4n) is 3.76. The highest BCUT2D eigenvalue weighted by molar-refractivity contribution is 7.98. The van der Waals surface area contributed by atoms with E-state index in [2.05, 4.69) is 22.8 Å². The van der Waals surface area contributed by atoms with Crippen LogP contribution in [0.15, 0.2) is 108 Å². The monoisotopic (exact) mass is 498 g/mol. The summed E-state index contributed by atoms with van der Waals surface area (Å²) in [6.07, 6.45) is 0.323. The zero-order valence-corrected chi connectivity index (χ0v) is 20.7. The molecule has 0 saturated carbocycles. The lowest BCUT2D eigenvalue weighted by atomic mass is 10.0. The Morgan fingerprint density at radius 1 is 0.833 bits per heavy atom. The molecule has 182 valence electrons. The number of amides is 2. The van der Waals surface area contributed by atoms with E-state index in [0.29, 0.717) is 12.1 Å². The third kappa shape index (κ3) is 7.06. The highest BCUT2D eigenvalue weighted by Crippen LogP contribution is 2.28. The number of anilines is 1. The summed E-state index contributed by atoms with van der Waals surface area (Å²) in [5.41, 5.74) is 4.18. The van der Waals surface area contributed by atoms with E-state index in [-0.39, 0.29) is 11.5 Å². The Labute approximate surface area is 215 Å². The molecule has 4 aromatic carbocycles. The van der Waals surface area contributed by atoms with Gasteiger partial charge in [-0.15, -0.1) is 11.8 Å². The van der Waals surface area contributed by atoms with Gasteiger partial charge in [0, 0.05) is 28.3 Å². The maximum atomic E-state index is 13.3. The Bertz CT molecular complexity index is 1310. The van der Waals surface area contributed by atoms with E-state index < -0.39 is 17.8 Å². The zero-order chi connectivity index (χ0) is 25.3. The maximum absolute atomic E-state index is 13.3. The third-order valence-electron chi connectivity index (χ3n) is 5.69. The van der Waals surface area contributed by atoms with Crippen LogP contribution < -0.4 is 10.6 Å². The van der Waals surface area contributed by atoms with Crippen molar-refractivity contribution in [3.05, 3.63) is 131 Å². The Kier molecular flexibility index (Phi) is 8.53. The first-order chi connectivity index (χ1) is 17.5. The molecule has 2 amide bonds. The van der Waals surface area contributed by atoms with Crippen molar-refractivity contribution >= 4 is 29.3 Å². The molecule has 0 aliphatic rings. The first-order valence-corrected chi connectivity index (χ1v) is 12.6. The smallest absolute Gasteiger partial charge is 0.251 e. The Balaban J connectivity index is 1.45. The molecule has 4 aromatic rings. The number of carbonyl (C=O) groups is 2. The van der Waals surface area contributed by atoms with Crippen molar-refractivity contribution in [3.63, 3.8) is 0 Å². The fraction of sp³-hybridized carbons (Fsp3) is 0.133. The summed E-state index contributed by atoms with van der Waals surface area (Å²) >= 11 is 1.75. The first-order valence-electron chi connectivity index (χ1n) is 11.7. The highest BCUT2D eigenvalue weighted by Gasteiger charge is 2.22. The molecule has 0 aromatic heterocycles. The highest BCUT2D eigenvalue weighted by atomic mass is 32.2. The number of rotatable bonds is 9. The van der Waals surface area contributed by atoms with E-state index in [0.717, 1.165) is 21.8 Å². The molecule has 1 unspecified atom stereocenters. The van der Waals surface area contributed by atoms with Crippen LogP contribution in [0.3, 0.4) is 0 Å². The van der Waals surface area contributed by atoms with Gasteiger partial charge in [-0.1, -0.05) is 60.7 Å². The third-order valence-corrected chi connectivity index (χ3v) is 6.94. The van der Waals surface area contributed by atoms with Crippen molar-refractivity contribution < 1.29 is 14.0 Å². The topological polar surface area (TPSA) is 58.2 Å². The predicted octanol–water partition coefficient (Wildman–Crippen LogP) is 6.41. The van der Waals surface area contributed by atoms with Crippen molar-refractivity contribution in [3.8, 4) is 0 Å². The van der Waals surface area contributed by atoms with E-state index in [1.807, 2.05) is 73.7 Å². The molecule has 4 nitrogen and oxygen atoms in total. The molecule has 0 spiro atoms. The van der Waals surface area contributed by atoms with Crippen molar-refractivity contribution in [2.75, 3.05) is 5.32 Å². The molecular weight excluding hydrogens is 471 g/mol. The van der Waals surface area contributed by atoms with Crippen LogP contribution in [0, 0.1) is 12.7 Å². The van der Waals surface area contributed by atoms with E-state index >= 15 is 0 Å². The number of thioether (sulfide) groups is 1. The molecule has 0 radical (unpaired) electrons. The van der Waals surface area contributed by atoms with E-state index in [9.17, 15) is 14.0 Å². The van der Waals surface area contributed by atoms with Crippen molar-refractivity contribution in [1.82, 2.24) is 5.32 Å². The summed E-state index contributed by atoms with van der Waals surface area (Å²) in [6.45, 7) is 2.01. The molecule has 6 heteroatoms. The van der Waals surface area contributed by atoms with Crippen LogP contribution in [-0.4, -0.2) is 17.9 Å². The fourth-order valence-corrected chi connectivity index (χ4v) is 4.72. The number of aryl methyl sites for hydroxylation is 1. The number of hydrogen-bond donors (Lipinski definition) is 2. The van der Waals surface area contributed by atoms with Gasteiger partial charge in [0.15, 0.2) is 0 Å². The average Bonchev–Trinajstić information content (AvgIpc) is 2.89. The largest absolute Gasteiger partial charge is 0.340 e. The molecular formula is C30H27FN2O2S. The lowest BCUT2D eigenvalue weighted by Gasteiger charge is -2.19. The van der Waals surface area contributed by atoms with E-state index in [4.69, 9.17) is 0 Å². The first kappa shape index (κ1) is 25.2. The second-order valence-electron chi connectivity index (χ2n) is 8.47. The molecule has 36 heavy (non-hydrogen) atoms. The Morgan fingerprint density at radius 3 is 2.11 bits per heavy atom. The van der Waals surface area contributed by atoms with Gasteiger partial charge in [-0.2, -0.15) is 0 Å². The average molecular weight is 499 g/mol. The lowest BCUT2D eigenvalue weighted by molar-refractivity contribution is -0.118. The molecule has 0 aliphatic carbocycles. The quantitative estimate of drug-likeness (QED) is 0.262. The van der Waals surface area contributed by atoms with Crippen molar-refractivity contribution in [2.24, 2.45) is 0 Å². The summed E-state index contributed by atoms with van der Waals surface area (Å²) in [5, 5.41) is 5.76. The van der Waals surface area contributed by atoms with Crippen molar-refractivity contribution in [1.29, 1.82) is 0 Å². The second kappa shape index (κ2) is 12.2. The van der Waals surface area contributed by atoms with Gasteiger partial charge in [-0.25, -0.2) is 4.39 Å². The standard InChI is InChI=1S/C30H27FN2O2S/c1-21-18-26(16-17-28(21)36-20-23-10-6-3-7-11-23)32-30(35)27(19-22-8-4-2-5-9-22)33-29(34)24-12-14-25(31)15-13-24/h2-18,27H,19-20H2,1H3,(H,32,35)(H,33,34). The molecule has 2 N–H and O–H groups in total. The molecule has 0 aliphatic heterocycles. The molecule has 1 atom stereocenters. The van der Waals surface area contributed by atoms with Gasteiger partial charge in [-0.05, 0) is 66.1 Å². The second-order valence-corrected chi connectivity index (χ2v) is 9.48. The molecule has 4 rings (SSSR count).